The predicted molar refractivity (Wildman–Crippen MR) is 143 cm³/mol. The van der Waals surface area contributed by atoms with Crippen LogP contribution in [-0.4, -0.2) is 87.7 Å². The number of ether oxygens (including phenoxy) is 2. The summed E-state index contributed by atoms with van der Waals surface area (Å²) in [6.07, 6.45) is -0.115. The molecule has 4 rings (SSSR count). The summed E-state index contributed by atoms with van der Waals surface area (Å²) >= 11 is 1.25. The number of carbonyl (C=O) groups excluding carboxylic acids is 3. The number of carbonyl (C=O) groups is 3. The van der Waals surface area contributed by atoms with Crippen LogP contribution >= 0.6 is 11.3 Å². The van der Waals surface area contributed by atoms with Crippen LogP contribution in [0, 0.1) is 6.92 Å². The van der Waals surface area contributed by atoms with Gasteiger partial charge in [0, 0.05) is 45.2 Å². The Kier molecular flexibility index (Phi) is 8.05. The van der Waals surface area contributed by atoms with Gasteiger partial charge in [0.25, 0.3) is 0 Å². The fraction of sp³-hybridized carbons (Fsp3) is 0.600. The van der Waals surface area contributed by atoms with Crippen LogP contribution in [0.3, 0.4) is 0 Å². The molecule has 0 saturated carbocycles. The summed E-state index contributed by atoms with van der Waals surface area (Å²) in [5.74, 6) is 1.06. The third kappa shape index (κ3) is 6.32. The van der Waals surface area contributed by atoms with Crippen molar-refractivity contribution in [3.63, 3.8) is 0 Å². The van der Waals surface area contributed by atoms with Crippen LogP contribution in [0.1, 0.15) is 61.2 Å². The van der Waals surface area contributed by atoms with E-state index in [9.17, 15) is 14.4 Å². The van der Waals surface area contributed by atoms with Crippen molar-refractivity contribution in [2.75, 3.05) is 49.5 Å². The number of Topliss-reactive ketones (excluding diaryl/α,β-unsaturated/α-hetero) is 1. The summed E-state index contributed by atoms with van der Waals surface area (Å²) in [5.41, 5.74) is 1.80. The number of nitrogens with zero attached hydrogens (tertiary/aromatic N) is 6. The topological polar surface area (TPSA) is 130 Å². The van der Waals surface area contributed by atoms with Crippen LogP contribution in [0.4, 0.5) is 26.5 Å². The molecule has 2 aromatic rings. The van der Waals surface area contributed by atoms with Crippen LogP contribution in [0.25, 0.3) is 0 Å². The number of amides is 2. The SMILES string of the molecule is CCOC(=O)N1CCc2c(nc(Nc3nc(C)c(C(C)=O)s3)nc2N2CCN(C(=O)OC(C)(C)C)CC2)C1. The Labute approximate surface area is 226 Å². The Hall–Kier alpha value is -3.48. The molecule has 12 nitrogen and oxygen atoms in total. The number of anilines is 3. The number of hydrogen-bond acceptors (Lipinski definition) is 11. The Morgan fingerprint density at radius 2 is 1.71 bits per heavy atom. The molecule has 2 amide bonds. The maximum atomic E-state index is 12.5. The molecule has 2 aliphatic rings. The molecule has 0 radical (unpaired) electrons. The van der Waals surface area contributed by atoms with Crippen LogP contribution in [0.2, 0.25) is 0 Å². The number of piperazine rings is 1. The monoisotopic (exact) mass is 545 g/mol. The molecule has 1 fully saturated rings. The van der Waals surface area contributed by atoms with Crippen molar-refractivity contribution in [2.45, 2.75) is 60.1 Å². The molecule has 0 atom stereocenters. The van der Waals surface area contributed by atoms with Crippen LogP contribution in [0.5, 0.6) is 0 Å². The number of ketones is 1. The second-order valence-electron chi connectivity index (χ2n) is 10.2. The molecule has 13 heteroatoms. The molecule has 0 unspecified atom stereocenters. The standard InChI is InChI=1S/C25H35N7O5S/c1-7-36-23(34)32-9-8-17-18(14-32)27-21(29-22-26-15(2)19(38-22)16(3)33)28-20(17)30-10-12-31(13-11-30)24(35)37-25(4,5)6/h7-14H2,1-6H3,(H,26,27,28,29). The summed E-state index contributed by atoms with van der Waals surface area (Å²) in [4.78, 5) is 57.0. The zero-order valence-corrected chi connectivity index (χ0v) is 23.6. The van der Waals surface area contributed by atoms with Crippen molar-refractivity contribution < 1.29 is 23.9 Å². The lowest BCUT2D eigenvalue weighted by Crippen LogP contribution is -2.50. The third-order valence-electron chi connectivity index (χ3n) is 6.14. The lowest BCUT2D eigenvalue weighted by molar-refractivity contribution is 0.0240. The minimum absolute atomic E-state index is 0.0481. The lowest BCUT2D eigenvalue weighted by Gasteiger charge is -2.38. The van der Waals surface area contributed by atoms with Gasteiger partial charge in [-0.3, -0.25) is 10.1 Å². The molecule has 0 aromatic carbocycles. The molecule has 1 N–H and O–H groups in total. The summed E-state index contributed by atoms with van der Waals surface area (Å²) in [5, 5.41) is 3.68. The Morgan fingerprint density at radius 1 is 1.00 bits per heavy atom. The molecular weight excluding hydrogens is 510 g/mol. The quantitative estimate of drug-likeness (QED) is 0.554. The van der Waals surface area contributed by atoms with Crippen molar-refractivity contribution in [2.24, 2.45) is 0 Å². The molecule has 0 aliphatic carbocycles. The van der Waals surface area contributed by atoms with Crippen molar-refractivity contribution in [1.29, 1.82) is 0 Å². The first kappa shape index (κ1) is 27.6. The van der Waals surface area contributed by atoms with Gasteiger partial charge in [-0.2, -0.15) is 4.98 Å². The second-order valence-corrected chi connectivity index (χ2v) is 11.2. The first-order valence-corrected chi connectivity index (χ1v) is 13.6. The van der Waals surface area contributed by atoms with E-state index in [4.69, 9.17) is 19.4 Å². The number of nitrogens with one attached hydrogen (secondary N) is 1. The molecule has 38 heavy (non-hydrogen) atoms. The summed E-state index contributed by atoms with van der Waals surface area (Å²) in [6, 6.07) is 0. The smallest absolute Gasteiger partial charge is 0.410 e. The Balaban J connectivity index is 1.60. The molecule has 0 bridgehead atoms. The maximum absolute atomic E-state index is 12.5. The number of rotatable bonds is 5. The van der Waals surface area contributed by atoms with Crippen LogP contribution in [0.15, 0.2) is 0 Å². The zero-order valence-electron chi connectivity index (χ0n) is 22.8. The maximum Gasteiger partial charge on any atom is 0.410 e. The van der Waals surface area contributed by atoms with Crippen LogP contribution < -0.4 is 10.2 Å². The highest BCUT2D eigenvalue weighted by Crippen LogP contribution is 2.31. The number of aryl methyl sites for hydroxylation is 1. The Bertz CT molecular complexity index is 1220. The van der Waals surface area contributed by atoms with Gasteiger partial charge in [-0.1, -0.05) is 11.3 Å². The average Bonchev–Trinajstić information content (AvgIpc) is 3.22. The summed E-state index contributed by atoms with van der Waals surface area (Å²) in [7, 11) is 0. The molecular formula is C25H35N7O5S. The van der Waals surface area contributed by atoms with E-state index in [1.54, 1.807) is 23.6 Å². The molecule has 2 aromatic heterocycles. The molecule has 0 spiro atoms. The van der Waals surface area contributed by atoms with E-state index >= 15 is 0 Å². The average molecular weight is 546 g/mol. The van der Waals surface area contributed by atoms with Gasteiger partial charge in [-0.15, -0.1) is 0 Å². The number of thiazole rings is 1. The highest BCUT2D eigenvalue weighted by molar-refractivity contribution is 7.17. The van der Waals surface area contributed by atoms with E-state index < -0.39 is 5.60 Å². The van der Waals surface area contributed by atoms with Crippen molar-refractivity contribution in [3.05, 3.63) is 21.8 Å². The van der Waals surface area contributed by atoms with Crippen molar-refractivity contribution >= 4 is 46.2 Å². The first-order chi connectivity index (χ1) is 17.9. The van der Waals surface area contributed by atoms with Gasteiger partial charge in [-0.05, 0) is 41.0 Å². The summed E-state index contributed by atoms with van der Waals surface area (Å²) < 4.78 is 10.7. The fourth-order valence-corrected chi connectivity index (χ4v) is 5.25. The Morgan fingerprint density at radius 3 is 2.32 bits per heavy atom. The highest BCUT2D eigenvalue weighted by Gasteiger charge is 2.31. The largest absolute Gasteiger partial charge is 0.450 e. The first-order valence-electron chi connectivity index (χ1n) is 12.7. The third-order valence-corrected chi connectivity index (χ3v) is 7.31. The molecule has 1 saturated heterocycles. The van der Waals surface area contributed by atoms with Gasteiger partial charge in [0.1, 0.15) is 11.4 Å². The van der Waals surface area contributed by atoms with E-state index in [-0.39, 0.29) is 18.0 Å². The number of hydrogen-bond donors (Lipinski definition) is 1. The van der Waals surface area contributed by atoms with Crippen molar-refractivity contribution in [1.82, 2.24) is 24.8 Å². The van der Waals surface area contributed by atoms with Crippen molar-refractivity contribution in [3.8, 4) is 0 Å². The number of fused-ring (bicyclic) bond motifs is 1. The molecule has 206 valence electrons. The molecule has 4 heterocycles. The normalized spacial score (nSPS) is 15.7. The number of aromatic nitrogens is 3. The van der Waals surface area contributed by atoms with E-state index in [0.29, 0.717) is 73.9 Å². The van der Waals surface area contributed by atoms with Gasteiger partial charge < -0.3 is 24.2 Å². The second kappa shape index (κ2) is 11.1. The fourth-order valence-electron chi connectivity index (χ4n) is 4.40. The minimum atomic E-state index is -0.554. The predicted octanol–water partition coefficient (Wildman–Crippen LogP) is 3.76. The van der Waals surface area contributed by atoms with Gasteiger partial charge in [-0.25, -0.2) is 19.6 Å². The van der Waals surface area contributed by atoms with Gasteiger partial charge in [0.15, 0.2) is 10.9 Å². The van der Waals surface area contributed by atoms with E-state index in [1.165, 1.54) is 18.3 Å². The van der Waals surface area contributed by atoms with Gasteiger partial charge in [0.05, 0.1) is 29.4 Å². The van der Waals surface area contributed by atoms with Gasteiger partial charge >= 0.3 is 12.2 Å². The van der Waals surface area contributed by atoms with E-state index in [0.717, 1.165) is 17.1 Å². The van der Waals surface area contributed by atoms with Crippen LogP contribution in [-0.2, 0) is 22.4 Å². The van der Waals surface area contributed by atoms with Gasteiger partial charge in [0.2, 0.25) is 5.95 Å². The highest BCUT2D eigenvalue weighted by atomic mass is 32.1. The lowest BCUT2D eigenvalue weighted by atomic mass is 10.0. The van der Waals surface area contributed by atoms with E-state index in [2.05, 4.69) is 15.2 Å². The zero-order chi connectivity index (χ0) is 27.6. The summed E-state index contributed by atoms with van der Waals surface area (Å²) in [6.45, 7) is 13.9. The minimum Gasteiger partial charge on any atom is -0.450 e. The molecule has 2 aliphatic heterocycles. The van der Waals surface area contributed by atoms with E-state index in [1.807, 2.05) is 20.8 Å².